The van der Waals surface area contributed by atoms with Crippen molar-refractivity contribution in [2.75, 3.05) is 13.2 Å². The van der Waals surface area contributed by atoms with E-state index in [-0.39, 0.29) is 18.4 Å². The van der Waals surface area contributed by atoms with Gasteiger partial charge in [0.15, 0.2) is 0 Å². The molecule has 1 heterocycles. The van der Waals surface area contributed by atoms with E-state index < -0.39 is 5.41 Å². The Morgan fingerprint density at radius 2 is 2.00 bits per heavy atom. The molecular weight excluding hydrogens is 182 g/mol. The van der Waals surface area contributed by atoms with Crippen LogP contribution in [0.2, 0.25) is 0 Å². The number of unbranched alkanes of at least 4 members (excludes halogenated alkanes) is 1. The summed E-state index contributed by atoms with van der Waals surface area (Å²) in [7, 11) is 0. The zero-order chi connectivity index (χ0) is 10.8. The first kappa shape index (κ1) is 11.2. The van der Waals surface area contributed by atoms with Crippen LogP contribution in [0, 0.1) is 5.41 Å². The molecule has 0 saturated carbocycles. The summed E-state index contributed by atoms with van der Waals surface area (Å²) in [5.74, 6) is -0.168. The van der Waals surface area contributed by atoms with E-state index in [2.05, 4.69) is 0 Å². The van der Waals surface area contributed by atoms with Crippen molar-refractivity contribution >= 4 is 11.8 Å². The minimum Gasteiger partial charge on any atom is -0.396 e. The predicted molar refractivity (Wildman–Crippen MR) is 51.4 cm³/mol. The van der Waals surface area contributed by atoms with Crippen molar-refractivity contribution in [3.05, 3.63) is 0 Å². The molecule has 4 heteroatoms. The molecule has 0 radical (unpaired) electrons. The summed E-state index contributed by atoms with van der Waals surface area (Å²) in [6, 6.07) is 0. The van der Waals surface area contributed by atoms with Crippen LogP contribution in [0.3, 0.4) is 0 Å². The monoisotopic (exact) mass is 199 g/mol. The lowest BCUT2D eigenvalue weighted by atomic mass is 9.92. The van der Waals surface area contributed by atoms with Crippen molar-refractivity contribution in [3.8, 4) is 0 Å². The number of hydrogen-bond donors (Lipinski definition) is 1. The van der Waals surface area contributed by atoms with E-state index in [4.69, 9.17) is 5.11 Å². The molecule has 0 aromatic heterocycles. The smallest absolute Gasteiger partial charge is 0.235 e. The van der Waals surface area contributed by atoms with Crippen molar-refractivity contribution in [2.45, 2.75) is 33.1 Å². The fourth-order valence-corrected chi connectivity index (χ4v) is 1.64. The lowest BCUT2D eigenvalue weighted by molar-refractivity contribution is -0.140. The largest absolute Gasteiger partial charge is 0.396 e. The Morgan fingerprint density at radius 1 is 1.36 bits per heavy atom. The van der Waals surface area contributed by atoms with Crippen molar-refractivity contribution in [1.82, 2.24) is 4.90 Å². The zero-order valence-electron chi connectivity index (χ0n) is 8.75. The minimum atomic E-state index is -0.531. The quantitative estimate of drug-likeness (QED) is 0.531. The molecular formula is C10H17NO3. The molecule has 1 aliphatic rings. The predicted octanol–water partition coefficient (Wildman–Crippen LogP) is 0.544. The topological polar surface area (TPSA) is 57.6 Å². The maximum atomic E-state index is 11.7. The molecule has 1 fully saturated rings. The summed E-state index contributed by atoms with van der Waals surface area (Å²) in [4.78, 5) is 24.4. The summed E-state index contributed by atoms with van der Waals surface area (Å²) in [5.41, 5.74) is -0.531. The maximum Gasteiger partial charge on any atom is 0.235 e. The van der Waals surface area contributed by atoms with Gasteiger partial charge in [0, 0.05) is 19.6 Å². The van der Waals surface area contributed by atoms with Gasteiger partial charge in [-0.05, 0) is 12.8 Å². The number of hydrogen-bond acceptors (Lipinski definition) is 3. The molecule has 1 saturated heterocycles. The van der Waals surface area contributed by atoms with E-state index in [0.29, 0.717) is 25.8 Å². The molecule has 0 atom stereocenters. The second-order valence-electron chi connectivity index (χ2n) is 4.34. The lowest BCUT2D eigenvalue weighted by Crippen LogP contribution is -2.33. The van der Waals surface area contributed by atoms with Crippen molar-refractivity contribution < 1.29 is 14.7 Å². The average Bonchev–Trinajstić information content (AvgIpc) is 2.27. The van der Waals surface area contributed by atoms with Gasteiger partial charge in [-0.3, -0.25) is 14.5 Å². The Kier molecular flexibility index (Phi) is 3.26. The molecule has 1 aliphatic heterocycles. The van der Waals surface area contributed by atoms with Gasteiger partial charge < -0.3 is 5.11 Å². The van der Waals surface area contributed by atoms with Gasteiger partial charge in [0.2, 0.25) is 11.8 Å². The zero-order valence-corrected chi connectivity index (χ0v) is 8.75. The SMILES string of the molecule is CC1(C)CC(=O)N(CCCCO)C1=O. The van der Waals surface area contributed by atoms with E-state index in [9.17, 15) is 9.59 Å². The number of rotatable bonds is 4. The van der Waals surface area contributed by atoms with E-state index in [1.54, 1.807) is 13.8 Å². The number of carbonyl (C=O) groups is 2. The number of aliphatic hydroxyl groups is 1. The Morgan fingerprint density at radius 3 is 2.43 bits per heavy atom. The van der Waals surface area contributed by atoms with Gasteiger partial charge >= 0.3 is 0 Å². The second-order valence-corrected chi connectivity index (χ2v) is 4.34. The number of amides is 2. The standard InChI is InChI=1S/C10H17NO3/c1-10(2)7-8(13)11(9(10)14)5-3-4-6-12/h12H,3-7H2,1-2H3. The normalized spacial score (nSPS) is 20.6. The summed E-state index contributed by atoms with van der Waals surface area (Å²) in [6.45, 7) is 4.14. The molecule has 0 bridgehead atoms. The van der Waals surface area contributed by atoms with Gasteiger partial charge in [0.1, 0.15) is 0 Å². The highest BCUT2D eigenvalue weighted by atomic mass is 16.3. The Bertz CT molecular complexity index is 248. The molecule has 1 rings (SSSR count). The second kappa shape index (κ2) is 4.09. The fourth-order valence-electron chi connectivity index (χ4n) is 1.64. The molecule has 4 nitrogen and oxygen atoms in total. The van der Waals surface area contributed by atoms with Gasteiger partial charge in [-0.2, -0.15) is 0 Å². The molecule has 0 aromatic carbocycles. The summed E-state index contributed by atoms with van der Waals surface area (Å²) in [6.07, 6.45) is 1.63. The first-order valence-corrected chi connectivity index (χ1v) is 4.95. The molecule has 1 N–H and O–H groups in total. The molecule has 80 valence electrons. The van der Waals surface area contributed by atoms with Crippen LogP contribution in [0.1, 0.15) is 33.1 Å². The van der Waals surface area contributed by atoms with E-state index in [0.717, 1.165) is 0 Å². The summed E-state index contributed by atoms with van der Waals surface area (Å²) >= 11 is 0. The number of likely N-dealkylation sites (tertiary alicyclic amines) is 1. The first-order valence-electron chi connectivity index (χ1n) is 4.95. The van der Waals surface area contributed by atoms with Crippen molar-refractivity contribution in [2.24, 2.45) is 5.41 Å². The van der Waals surface area contributed by atoms with Crippen LogP contribution in [-0.2, 0) is 9.59 Å². The van der Waals surface area contributed by atoms with Gasteiger partial charge in [0.25, 0.3) is 0 Å². The number of carbonyl (C=O) groups excluding carboxylic acids is 2. The van der Waals surface area contributed by atoms with E-state index >= 15 is 0 Å². The summed E-state index contributed by atoms with van der Waals surface area (Å²) < 4.78 is 0. The highest BCUT2D eigenvalue weighted by molar-refractivity contribution is 6.05. The van der Waals surface area contributed by atoms with Gasteiger partial charge in [0.05, 0.1) is 5.41 Å². The fraction of sp³-hybridized carbons (Fsp3) is 0.800. The van der Waals surface area contributed by atoms with E-state index in [1.165, 1.54) is 4.90 Å². The van der Waals surface area contributed by atoms with Crippen LogP contribution >= 0.6 is 0 Å². The van der Waals surface area contributed by atoms with Crippen LogP contribution in [0.4, 0.5) is 0 Å². The number of aliphatic hydroxyl groups excluding tert-OH is 1. The van der Waals surface area contributed by atoms with Crippen molar-refractivity contribution in [3.63, 3.8) is 0 Å². The third-order valence-corrected chi connectivity index (χ3v) is 2.51. The molecule has 0 spiro atoms. The molecule has 2 amide bonds. The van der Waals surface area contributed by atoms with Crippen LogP contribution in [0.25, 0.3) is 0 Å². The molecule has 0 aromatic rings. The number of imide groups is 1. The highest BCUT2D eigenvalue weighted by Crippen LogP contribution is 2.31. The van der Waals surface area contributed by atoms with Gasteiger partial charge in [-0.15, -0.1) is 0 Å². The third kappa shape index (κ3) is 2.12. The van der Waals surface area contributed by atoms with Gasteiger partial charge in [-0.1, -0.05) is 13.8 Å². The lowest BCUT2D eigenvalue weighted by Gasteiger charge is -2.17. The Balaban J connectivity index is 2.53. The highest BCUT2D eigenvalue weighted by Gasteiger charge is 2.44. The van der Waals surface area contributed by atoms with Crippen LogP contribution in [-0.4, -0.2) is 35.0 Å². The Hall–Kier alpha value is -0.900. The average molecular weight is 199 g/mol. The van der Waals surface area contributed by atoms with Crippen molar-refractivity contribution in [1.29, 1.82) is 0 Å². The van der Waals surface area contributed by atoms with Gasteiger partial charge in [-0.25, -0.2) is 0 Å². The van der Waals surface area contributed by atoms with Crippen LogP contribution in [0.5, 0.6) is 0 Å². The maximum absolute atomic E-state index is 11.7. The summed E-state index contributed by atoms with van der Waals surface area (Å²) in [5, 5.41) is 8.59. The molecule has 0 unspecified atom stereocenters. The third-order valence-electron chi connectivity index (χ3n) is 2.51. The number of nitrogens with zero attached hydrogens (tertiary/aromatic N) is 1. The minimum absolute atomic E-state index is 0.0829. The Labute approximate surface area is 83.9 Å². The van der Waals surface area contributed by atoms with E-state index in [1.807, 2.05) is 0 Å². The molecule has 0 aliphatic carbocycles. The van der Waals surface area contributed by atoms with Crippen LogP contribution in [0.15, 0.2) is 0 Å². The van der Waals surface area contributed by atoms with Crippen LogP contribution < -0.4 is 0 Å². The molecule has 14 heavy (non-hydrogen) atoms. The first-order chi connectivity index (χ1) is 6.49.